The molecule has 1 fully saturated rings. The highest BCUT2D eigenvalue weighted by Gasteiger charge is 2.19. The molecule has 3 aromatic rings. The van der Waals surface area contributed by atoms with E-state index < -0.39 is 0 Å². The molecule has 5 nitrogen and oxygen atoms in total. The highest BCUT2D eigenvalue weighted by molar-refractivity contribution is 9.10. The third-order valence-corrected chi connectivity index (χ3v) is 5.58. The van der Waals surface area contributed by atoms with Crippen molar-refractivity contribution in [3.05, 3.63) is 58.3 Å². The Morgan fingerprint density at radius 3 is 2.46 bits per heavy atom. The Hall–Kier alpha value is -1.86. The van der Waals surface area contributed by atoms with E-state index >= 15 is 0 Å². The normalized spacial score (nSPS) is 15.0. The molecule has 0 bridgehead atoms. The summed E-state index contributed by atoms with van der Waals surface area (Å²) in [6, 6.07) is 10.6. The zero-order valence-electron chi connectivity index (χ0n) is 13.2. The zero-order chi connectivity index (χ0) is 16.4. The molecule has 0 radical (unpaired) electrons. The molecule has 0 saturated carbocycles. The molecule has 7 heteroatoms. The molecule has 0 amide bonds. The van der Waals surface area contributed by atoms with Crippen LogP contribution in [0.5, 0.6) is 0 Å². The molecule has 1 aromatic carbocycles. The van der Waals surface area contributed by atoms with E-state index in [-0.39, 0.29) is 0 Å². The number of hydrogen-bond acceptors (Lipinski definition) is 5. The standard InChI is InChI=1S/C17H18BrN5S/c18-14-10-20-23(12-14)13-16-11-19-17(24-16)22-8-6-21(7-9-22)15-4-2-1-3-5-15/h1-5,10-12H,6-9,13H2. The first-order valence-electron chi connectivity index (χ1n) is 7.95. The van der Waals surface area contributed by atoms with Gasteiger partial charge in [-0.15, -0.1) is 0 Å². The third kappa shape index (κ3) is 3.47. The Kier molecular flexibility index (Phi) is 4.53. The van der Waals surface area contributed by atoms with Crippen LogP contribution in [0.4, 0.5) is 10.8 Å². The molecule has 2 aromatic heterocycles. The number of piperazine rings is 1. The molecule has 0 N–H and O–H groups in total. The van der Waals surface area contributed by atoms with Crippen molar-refractivity contribution < 1.29 is 0 Å². The van der Waals surface area contributed by atoms with Gasteiger partial charge in [0.1, 0.15) is 0 Å². The number of benzene rings is 1. The Bertz CT molecular complexity index is 792. The van der Waals surface area contributed by atoms with Crippen molar-refractivity contribution in [3.8, 4) is 0 Å². The number of aromatic nitrogens is 3. The van der Waals surface area contributed by atoms with E-state index in [1.165, 1.54) is 10.6 Å². The van der Waals surface area contributed by atoms with Gasteiger partial charge in [0.05, 0.1) is 17.2 Å². The van der Waals surface area contributed by atoms with Crippen LogP contribution >= 0.6 is 27.3 Å². The van der Waals surface area contributed by atoms with Gasteiger partial charge >= 0.3 is 0 Å². The van der Waals surface area contributed by atoms with Gasteiger partial charge in [0.15, 0.2) is 5.13 Å². The first kappa shape index (κ1) is 15.7. The Balaban J connectivity index is 1.37. The van der Waals surface area contributed by atoms with Crippen LogP contribution in [0.15, 0.2) is 53.4 Å². The minimum absolute atomic E-state index is 0.771. The number of rotatable bonds is 4. The van der Waals surface area contributed by atoms with Crippen LogP contribution in [-0.2, 0) is 6.54 Å². The lowest BCUT2D eigenvalue weighted by Crippen LogP contribution is -2.46. The van der Waals surface area contributed by atoms with Gasteiger partial charge in [0.2, 0.25) is 0 Å². The maximum absolute atomic E-state index is 4.61. The molecule has 1 aliphatic rings. The number of anilines is 2. The molecule has 0 unspecified atom stereocenters. The van der Waals surface area contributed by atoms with Gasteiger partial charge in [-0.25, -0.2) is 4.98 Å². The topological polar surface area (TPSA) is 37.2 Å². The summed E-state index contributed by atoms with van der Waals surface area (Å²) in [6.45, 7) is 4.85. The average Bonchev–Trinajstić information content (AvgIpc) is 3.25. The number of para-hydroxylation sites is 1. The van der Waals surface area contributed by atoms with Gasteiger partial charge in [-0.2, -0.15) is 5.10 Å². The van der Waals surface area contributed by atoms with E-state index in [0.29, 0.717) is 0 Å². The SMILES string of the molecule is Brc1cnn(Cc2cnc(N3CCN(c4ccccc4)CC3)s2)c1. The van der Waals surface area contributed by atoms with E-state index in [4.69, 9.17) is 0 Å². The molecule has 3 heterocycles. The van der Waals surface area contributed by atoms with Crippen molar-refractivity contribution in [1.82, 2.24) is 14.8 Å². The Morgan fingerprint density at radius 2 is 1.75 bits per heavy atom. The lowest BCUT2D eigenvalue weighted by Gasteiger charge is -2.35. The van der Waals surface area contributed by atoms with E-state index in [9.17, 15) is 0 Å². The van der Waals surface area contributed by atoms with Crippen molar-refractivity contribution in [2.75, 3.05) is 36.0 Å². The largest absolute Gasteiger partial charge is 0.368 e. The van der Waals surface area contributed by atoms with Crippen molar-refractivity contribution >= 4 is 38.1 Å². The maximum atomic E-state index is 4.61. The maximum Gasteiger partial charge on any atom is 0.185 e. The van der Waals surface area contributed by atoms with Gasteiger partial charge in [-0.05, 0) is 28.1 Å². The van der Waals surface area contributed by atoms with Gasteiger partial charge in [0, 0.05) is 49.1 Å². The smallest absolute Gasteiger partial charge is 0.185 e. The summed E-state index contributed by atoms with van der Waals surface area (Å²) in [7, 11) is 0. The molecule has 0 atom stereocenters. The number of thiazole rings is 1. The summed E-state index contributed by atoms with van der Waals surface area (Å²) in [4.78, 5) is 10.7. The van der Waals surface area contributed by atoms with E-state index in [0.717, 1.165) is 42.3 Å². The predicted octanol–water partition coefficient (Wildman–Crippen LogP) is 3.48. The summed E-state index contributed by atoms with van der Waals surface area (Å²) in [5.74, 6) is 0. The summed E-state index contributed by atoms with van der Waals surface area (Å²) < 4.78 is 2.93. The van der Waals surface area contributed by atoms with Crippen LogP contribution in [-0.4, -0.2) is 40.9 Å². The summed E-state index contributed by atoms with van der Waals surface area (Å²) in [5.41, 5.74) is 1.31. The molecular weight excluding hydrogens is 386 g/mol. The lowest BCUT2D eigenvalue weighted by molar-refractivity contribution is 0.652. The summed E-state index contributed by atoms with van der Waals surface area (Å²) in [6.07, 6.45) is 5.77. The van der Waals surface area contributed by atoms with E-state index in [2.05, 4.69) is 66.1 Å². The average molecular weight is 404 g/mol. The Labute approximate surface area is 153 Å². The van der Waals surface area contributed by atoms with Gasteiger partial charge in [0.25, 0.3) is 0 Å². The molecule has 1 saturated heterocycles. The number of hydrogen-bond donors (Lipinski definition) is 0. The molecule has 4 rings (SSSR count). The fourth-order valence-corrected chi connectivity index (χ4v) is 4.18. The van der Waals surface area contributed by atoms with Crippen LogP contribution in [0.3, 0.4) is 0 Å². The van der Waals surface area contributed by atoms with E-state index in [1.54, 1.807) is 11.3 Å². The molecule has 24 heavy (non-hydrogen) atoms. The second-order valence-corrected chi connectivity index (χ2v) is 7.78. The monoisotopic (exact) mass is 403 g/mol. The second-order valence-electron chi connectivity index (χ2n) is 5.77. The number of nitrogens with zero attached hydrogens (tertiary/aromatic N) is 5. The van der Waals surface area contributed by atoms with Crippen LogP contribution in [0.1, 0.15) is 4.88 Å². The minimum Gasteiger partial charge on any atom is -0.368 e. The van der Waals surface area contributed by atoms with Gasteiger partial charge in [-0.1, -0.05) is 29.5 Å². The first-order valence-corrected chi connectivity index (χ1v) is 9.56. The molecule has 1 aliphatic heterocycles. The molecular formula is C17H18BrN5S. The van der Waals surface area contributed by atoms with Crippen molar-refractivity contribution in [2.24, 2.45) is 0 Å². The summed E-state index contributed by atoms with van der Waals surface area (Å²) >= 11 is 5.19. The zero-order valence-corrected chi connectivity index (χ0v) is 15.6. The van der Waals surface area contributed by atoms with Crippen LogP contribution in [0.25, 0.3) is 0 Å². The lowest BCUT2D eigenvalue weighted by atomic mass is 10.2. The van der Waals surface area contributed by atoms with Crippen LogP contribution < -0.4 is 9.80 Å². The second kappa shape index (κ2) is 6.94. The van der Waals surface area contributed by atoms with Gasteiger partial charge < -0.3 is 9.80 Å². The van der Waals surface area contributed by atoms with Crippen LogP contribution in [0.2, 0.25) is 0 Å². The Morgan fingerprint density at radius 1 is 1.00 bits per heavy atom. The fourth-order valence-electron chi connectivity index (χ4n) is 2.90. The van der Waals surface area contributed by atoms with Crippen LogP contribution in [0, 0.1) is 0 Å². The third-order valence-electron chi connectivity index (χ3n) is 4.13. The van der Waals surface area contributed by atoms with Crippen molar-refractivity contribution in [2.45, 2.75) is 6.54 Å². The quantitative estimate of drug-likeness (QED) is 0.668. The predicted molar refractivity (Wildman–Crippen MR) is 102 cm³/mol. The molecule has 124 valence electrons. The molecule has 0 aliphatic carbocycles. The minimum atomic E-state index is 0.771. The highest BCUT2D eigenvalue weighted by atomic mass is 79.9. The number of halogens is 1. The first-order chi connectivity index (χ1) is 11.8. The highest BCUT2D eigenvalue weighted by Crippen LogP contribution is 2.25. The van der Waals surface area contributed by atoms with E-state index in [1.807, 2.05) is 23.3 Å². The van der Waals surface area contributed by atoms with Crippen molar-refractivity contribution in [3.63, 3.8) is 0 Å². The summed E-state index contributed by atoms with van der Waals surface area (Å²) in [5, 5.41) is 5.42. The van der Waals surface area contributed by atoms with Gasteiger partial charge in [-0.3, -0.25) is 4.68 Å². The molecule has 0 spiro atoms. The van der Waals surface area contributed by atoms with Crippen molar-refractivity contribution in [1.29, 1.82) is 0 Å². The fraction of sp³-hybridized carbons (Fsp3) is 0.294.